The summed E-state index contributed by atoms with van der Waals surface area (Å²) in [6.07, 6.45) is 1.70. The van der Waals surface area contributed by atoms with Crippen molar-refractivity contribution in [2.45, 2.75) is 0 Å². The van der Waals surface area contributed by atoms with Crippen LogP contribution in [0, 0.1) is 5.82 Å². The summed E-state index contributed by atoms with van der Waals surface area (Å²) in [4.78, 5) is 10.4. The average molecular weight is 249 g/mol. The summed E-state index contributed by atoms with van der Waals surface area (Å²) in [6, 6.07) is 6.28. The fourth-order valence-corrected chi connectivity index (χ4v) is 1.91. The monoisotopic (exact) mass is 249 g/mol. The number of aliphatic imine (C=N–C) groups is 1. The Kier molecular flexibility index (Phi) is 3.49. The second-order valence-electron chi connectivity index (χ2n) is 3.73. The number of nitrogens with zero attached hydrogens (tertiary/aromatic N) is 3. The van der Waals surface area contributed by atoms with Crippen molar-refractivity contribution in [3.05, 3.63) is 35.5 Å². The van der Waals surface area contributed by atoms with Gasteiger partial charge in [-0.15, -0.1) is 11.3 Å². The molecule has 17 heavy (non-hydrogen) atoms. The van der Waals surface area contributed by atoms with E-state index < -0.39 is 0 Å². The van der Waals surface area contributed by atoms with Gasteiger partial charge in [0.25, 0.3) is 0 Å². The van der Waals surface area contributed by atoms with E-state index in [1.54, 1.807) is 18.5 Å². The van der Waals surface area contributed by atoms with Crippen molar-refractivity contribution in [1.82, 2.24) is 9.88 Å². The minimum atomic E-state index is -0.241. The van der Waals surface area contributed by atoms with E-state index in [1.807, 2.05) is 24.4 Å². The van der Waals surface area contributed by atoms with E-state index in [2.05, 4.69) is 9.98 Å². The van der Waals surface area contributed by atoms with Gasteiger partial charge in [0.15, 0.2) is 0 Å². The van der Waals surface area contributed by atoms with Gasteiger partial charge in [-0.1, -0.05) is 0 Å². The zero-order valence-electron chi connectivity index (χ0n) is 9.59. The smallest absolute Gasteiger partial charge is 0.211 e. The molecule has 2 rings (SSSR count). The van der Waals surface area contributed by atoms with Crippen LogP contribution in [-0.2, 0) is 0 Å². The van der Waals surface area contributed by atoms with Crippen molar-refractivity contribution in [3.8, 4) is 11.3 Å². The molecule has 3 nitrogen and oxygen atoms in total. The highest BCUT2D eigenvalue weighted by atomic mass is 32.1. The first-order valence-corrected chi connectivity index (χ1v) is 5.95. The van der Waals surface area contributed by atoms with Gasteiger partial charge in [-0.25, -0.2) is 14.4 Å². The topological polar surface area (TPSA) is 28.5 Å². The Hall–Kier alpha value is -1.75. The predicted octanol–water partition coefficient (Wildman–Crippen LogP) is 3.17. The molecule has 1 aromatic heterocycles. The third-order valence-electron chi connectivity index (χ3n) is 2.03. The molecular weight excluding hydrogens is 237 g/mol. The molecule has 1 heterocycles. The highest BCUT2D eigenvalue weighted by Crippen LogP contribution is 2.26. The van der Waals surface area contributed by atoms with Gasteiger partial charge in [-0.05, 0) is 24.3 Å². The van der Waals surface area contributed by atoms with E-state index >= 15 is 0 Å². The first kappa shape index (κ1) is 11.7. The third-order valence-corrected chi connectivity index (χ3v) is 2.78. The molecule has 1 aromatic carbocycles. The van der Waals surface area contributed by atoms with Crippen LogP contribution in [0.4, 0.5) is 9.52 Å². The highest BCUT2D eigenvalue weighted by molar-refractivity contribution is 7.13. The number of rotatable bonds is 3. The maximum absolute atomic E-state index is 12.8. The Morgan fingerprint density at radius 1 is 1.29 bits per heavy atom. The number of hydrogen-bond donors (Lipinski definition) is 0. The molecule has 0 spiro atoms. The molecule has 0 N–H and O–H groups in total. The number of hydrogen-bond acceptors (Lipinski definition) is 3. The van der Waals surface area contributed by atoms with Crippen LogP contribution in [0.15, 0.2) is 34.6 Å². The summed E-state index contributed by atoms with van der Waals surface area (Å²) in [5.41, 5.74) is 1.72. The molecule has 0 amide bonds. The predicted molar refractivity (Wildman–Crippen MR) is 69.3 cm³/mol. The molecule has 0 radical (unpaired) electrons. The molecule has 0 saturated heterocycles. The van der Waals surface area contributed by atoms with Gasteiger partial charge in [-0.2, -0.15) is 0 Å². The Morgan fingerprint density at radius 3 is 2.65 bits per heavy atom. The molecule has 0 aliphatic rings. The summed E-state index contributed by atoms with van der Waals surface area (Å²) in [6.45, 7) is 0. The first-order chi connectivity index (χ1) is 8.15. The van der Waals surface area contributed by atoms with Gasteiger partial charge in [0.2, 0.25) is 5.13 Å². The molecule has 0 fully saturated rings. The van der Waals surface area contributed by atoms with E-state index in [1.165, 1.54) is 23.5 Å². The fourth-order valence-electron chi connectivity index (χ4n) is 1.24. The SMILES string of the molecule is CN(C)C=Nc1nc(-c2ccc(F)cc2)cs1. The van der Waals surface area contributed by atoms with Crippen LogP contribution in [0.2, 0.25) is 0 Å². The highest BCUT2D eigenvalue weighted by Gasteiger charge is 2.03. The van der Waals surface area contributed by atoms with Gasteiger partial charge in [-0.3, -0.25) is 0 Å². The summed E-state index contributed by atoms with van der Waals surface area (Å²) in [5.74, 6) is -0.241. The van der Waals surface area contributed by atoms with Crippen molar-refractivity contribution in [1.29, 1.82) is 0 Å². The molecule has 5 heteroatoms. The zero-order chi connectivity index (χ0) is 12.3. The lowest BCUT2D eigenvalue weighted by molar-refractivity contribution is 0.628. The van der Waals surface area contributed by atoms with Crippen LogP contribution in [0.3, 0.4) is 0 Å². The largest absolute Gasteiger partial charge is 0.369 e. The minimum absolute atomic E-state index is 0.241. The lowest BCUT2D eigenvalue weighted by Crippen LogP contribution is -2.06. The van der Waals surface area contributed by atoms with Crippen molar-refractivity contribution in [3.63, 3.8) is 0 Å². The van der Waals surface area contributed by atoms with Gasteiger partial charge in [0.05, 0.1) is 12.0 Å². The molecule has 2 aromatic rings. The van der Waals surface area contributed by atoms with Crippen LogP contribution in [0.25, 0.3) is 11.3 Å². The Balaban J connectivity index is 2.21. The van der Waals surface area contributed by atoms with E-state index in [9.17, 15) is 4.39 Å². The van der Waals surface area contributed by atoms with Crippen LogP contribution < -0.4 is 0 Å². The minimum Gasteiger partial charge on any atom is -0.369 e. The number of thiazole rings is 1. The molecule has 0 aliphatic heterocycles. The Bertz CT molecular complexity index is 517. The van der Waals surface area contributed by atoms with E-state index in [0.29, 0.717) is 5.13 Å². The standard InChI is InChI=1S/C12H12FN3S/c1-16(2)8-14-12-15-11(7-17-12)9-3-5-10(13)6-4-9/h3-8H,1-2H3. The molecule has 0 unspecified atom stereocenters. The van der Waals surface area contributed by atoms with E-state index in [4.69, 9.17) is 0 Å². The molecule has 0 aliphatic carbocycles. The van der Waals surface area contributed by atoms with Crippen molar-refractivity contribution >= 4 is 22.8 Å². The number of aromatic nitrogens is 1. The van der Waals surface area contributed by atoms with Crippen LogP contribution >= 0.6 is 11.3 Å². The third kappa shape index (κ3) is 3.10. The van der Waals surface area contributed by atoms with Gasteiger partial charge in [0.1, 0.15) is 5.82 Å². The molecule has 0 bridgehead atoms. The quantitative estimate of drug-likeness (QED) is 0.617. The second-order valence-corrected chi connectivity index (χ2v) is 4.57. The molecular formula is C12H12FN3S. The van der Waals surface area contributed by atoms with Gasteiger partial charge >= 0.3 is 0 Å². The average Bonchev–Trinajstić information content (AvgIpc) is 2.76. The normalized spacial score (nSPS) is 11.0. The van der Waals surface area contributed by atoms with Crippen LogP contribution in [-0.4, -0.2) is 30.3 Å². The zero-order valence-corrected chi connectivity index (χ0v) is 10.4. The van der Waals surface area contributed by atoms with Crippen molar-refractivity contribution < 1.29 is 4.39 Å². The van der Waals surface area contributed by atoms with E-state index in [0.717, 1.165) is 11.3 Å². The van der Waals surface area contributed by atoms with Gasteiger partial charge in [0, 0.05) is 25.0 Å². The Labute approximate surface area is 103 Å². The Morgan fingerprint density at radius 2 is 2.00 bits per heavy atom. The lowest BCUT2D eigenvalue weighted by Gasteiger charge is -2.00. The summed E-state index contributed by atoms with van der Waals surface area (Å²) < 4.78 is 12.8. The van der Waals surface area contributed by atoms with Crippen LogP contribution in [0.5, 0.6) is 0 Å². The molecule has 0 saturated carbocycles. The maximum Gasteiger partial charge on any atom is 0.211 e. The number of halogens is 1. The van der Waals surface area contributed by atoms with Gasteiger partial charge < -0.3 is 4.90 Å². The summed E-state index contributed by atoms with van der Waals surface area (Å²) in [5, 5.41) is 2.60. The fraction of sp³-hybridized carbons (Fsp3) is 0.167. The van der Waals surface area contributed by atoms with Crippen molar-refractivity contribution in [2.24, 2.45) is 4.99 Å². The maximum atomic E-state index is 12.8. The lowest BCUT2D eigenvalue weighted by atomic mass is 10.2. The second kappa shape index (κ2) is 5.05. The summed E-state index contributed by atoms with van der Waals surface area (Å²) >= 11 is 1.46. The number of benzene rings is 1. The summed E-state index contributed by atoms with van der Waals surface area (Å²) in [7, 11) is 3.80. The first-order valence-electron chi connectivity index (χ1n) is 5.07. The molecule has 88 valence electrons. The van der Waals surface area contributed by atoms with Crippen LogP contribution in [0.1, 0.15) is 0 Å². The molecule has 0 atom stereocenters. The van der Waals surface area contributed by atoms with E-state index in [-0.39, 0.29) is 5.82 Å². The van der Waals surface area contributed by atoms with Crippen molar-refractivity contribution in [2.75, 3.05) is 14.1 Å².